The molecule has 0 radical (unpaired) electrons. The minimum absolute atomic E-state index is 0.0188. The summed E-state index contributed by atoms with van der Waals surface area (Å²) >= 11 is 0. The number of rotatable bonds is 3. The minimum atomic E-state index is -0.0468. The van der Waals surface area contributed by atoms with Crippen molar-refractivity contribution < 1.29 is 14.3 Å². The van der Waals surface area contributed by atoms with E-state index in [1.165, 1.54) is 0 Å². The fourth-order valence-corrected chi connectivity index (χ4v) is 1.35. The monoisotopic (exact) mass is 200 g/mol. The smallest absolute Gasteiger partial charge is 0.309 e. The molecule has 0 aromatic carbocycles. The van der Waals surface area contributed by atoms with Crippen LogP contribution < -0.4 is 0 Å². The van der Waals surface area contributed by atoms with Crippen LogP contribution in [0, 0.1) is 11.8 Å². The van der Waals surface area contributed by atoms with Gasteiger partial charge in [0.15, 0.2) is 0 Å². The predicted octanol–water partition coefficient (Wildman–Crippen LogP) is 2.00. The molecule has 1 aliphatic heterocycles. The lowest BCUT2D eigenvalue weighted by molar-refractivity contribution is -0.158. The summed E-state index contributed by atoms with van der Waals surface area (Å²) < 4.78 is 10.6. The van der Waals surface area contributed by atoms with Crippen LogP contribution >= 0.6 is 0 Å². The number of hydrogen-bond acceptors (Lipinski definition) is 3. The third-order valence-corrected chi connectivity index (χ3v) is 2.80. The SMILES string of the molecule is CC(C)[C@H](C)OC(=O)C1CCOCC1. The highest BCUT2D eigenvalue weighted by atomic mass is 16.5. The molecule has 1 rings (SSSR count). The average Bonchev–Trinajstić information content (AvgIpc) is 2.19. The van der Waals surface area contributed by atoms with E-state index in [1.54, 1.807) is 0 Å². The Labute approximate surface area is 85.8 Å². The maximum atomic E-state index is 11.6. The van der Waals surface area contributed by atoms with Gasteiger partial charge >= 0.3 is 5.97 Å². The maximum Gasteiger partial charge on any atom is 0.309 e. The lowest BCUT2D eigenvalue weighted by Gasteiger charge is -2.24. The molecule has 3 nitrogen and oxygen atoms in total. The van der Waals surface area contributed by atoms with E-state index in [1.807, 2.05) is 6.92 Å². The lowest BCUT2D eigenvalue weighted by atomic mass is 10.0. The lowest BCUT2D eigenvalue weighted by Crippen LogP contribution is -2.29. The van der Waals surface area contributed by atoms with E-state index in [4.69, 9.17) is 9.47 Å². The highest BCUT2D eigenvalue weighted by Gasteiger charge is 2.25. The zero-order chi connectivity index (χ0) is 10.6. The Bertz CT molecular complexity index is 183. The summed E-state index contributed by atoms with van der Waals surface area (Å²) in [6.45, 7) is 7.44. The van der Waals surface area contributed by atoms with Crippen molar-refractivity contribution in [3.05, 3.63) is 0 Å². The zero-order valence-electron chi connectivity index (χ0n) is 9.29. The van der Waals surface area contributed by atoms with Crippen LogP contribution in [0.15, 0.2) is 0 Å². The van der Waals surface area contributed by atoms with Gasteiger partial charge in [-0.25, -0.2) is 0 Å². The summed E-state index contributed by atoms with van der Waals surface area (Å²) in [4.78, 5) is 11.6. The molecule has 0 bridgehead atoms. The van der Waals surface area contributed by atoms with Crippen LogP contribution in [0.1, 0.15) is 33.6 Å². The molecular formula is C11H20O3. The first-order valence-corrected chi connectivity index (χ1v) is 5.39. The number of ether oxygens (including phenoxy) is 2. The molecule has 0 saturated carbocycles. The van der Waals surface area contributed by atoms with Crippen molar-refractivity contribution in [3.8, 4) is 0 Å². The second-order valence-electron chi connectivity index (χ2n) is 4.27. The van der Waals surface area contributed by atoms with Crippen molar-refractivity contribution in [2.45, 2.75) is 39.7 Å². The van der Waals surface area contributed by atoms with Gasteiger partial charge in [0.2, 0.25) is 0 Å². The zero-order valence-corrected chi connectivity index (χ0v) is 9.29. The Morgan fingerprint density at radius 1 is 1.29 bits per heavy atom. The van der Waals surface area contributed by atoms with Crippen LogP contribution in [0.4, 0.5) is 0 Å². The molecule has 3 heteroatoms. The first kappa shape index (κ1) is 11.5. The highest BCUT2D eigenvalue weighted by molar-refractivity contribution is 5.72. The topological polar surface area (TPSA) is 35.5 Å². The summed E-state index contributed by atoms with van der Waals surface area (Å²) in [5.41, 5.74) is 0. The van der Waals surface area contributed by atoms with E-state index in [9.17, 15) is 4.79 Å². The Hall–Kier alpha value is -0.570. The molecule has 0 unspecified atom stereocenters. The quantitative estimate of drug-likeness (QED) is 0.654. The van der Waals surface area contributed by atoms with Crippen LogP contribution in [0.25, 0.3) is 0 Å². The summed E-state index contributed by atoms with van der Waals surface area (Å²) in [6, 6.07) is 0. The van der Waals surface area contributed by atoms with Gasteiger partial charge in [-0.3, -0.25) is 4.79 Å². The van der Waals surface area contributed by atoms with Crippen LogP contribution in [0.3, 0.4) is 0 Å². The van der Waals surface area contributed by atoms with Gasteiger partial charge in [-0.15, -0.1) is 0 Å². The third kappa shape index (κ3) is 3.29. The van der Waals surface area contributed by atoms with Crippen molar-refractivity contribution in [1.82, 2.24) is 0 Å². The summed E-state index contributed by atoms with van der Waals surface area (Å²) in [5, 5.41) is 0. The van der Waals surface area contributed by atoms with Gasteiger partial charge in [0, 0.05) is 13.2 Å². The van der Waals surface area contributed by atoms with E-state index in [-0.39, 0.29) is 18.0 Å². The Morgan fingerprint density at radius 2 is 1.86 bits per heavy atom. The van der Waals surface area contributed by atoms with E-state index in [2.05, 4.69) is 13.8 Å². The Morgan fingerprint density at radius 3 is 2.36 bits per heavy atom. The maximum absolute atomic E-state index is 11.6. The fourth-order valence-electron chi connectivity index (χ4n) is 1.35. The van der Waals surface area contributed by atoms with E-state index in [0.717, 1.165) is 12.8 Å². The normalized spacial score (nSPS) is 20.9. The standard InChI is InChI=1S/C11H20O3/c1-8(2)9(3)14-11(12)10-4-6-13-7-5-10/h8-10H,4-7H2,1-3H3/t9-/m0/s1. The van der Waals surface area contributed by atoms with Crippen molar-refractivity contribution in [2.24, 2.45) is 11.8 Å². The largest absolute Gasteiger partial charge is 0.462 e. The number of carbonyl (C=O) groups excluding carboxylic acids is 1. The molecule has 14 heavy (non-hydrogen) atoms. The molecule has 0 amide bonds. The highest BCUT2D eigenvalue weighted by Crippen LogP contribution is 2.18. The number of carbonyl (C=O) groups is 1. The first-order valence-electron chi connectivity index (χ1n) is 5.39. The van der Waals surface area contributed by atoms with Crippen LogP contribution in [-0.2, 0) is 14.3 Å². The molecule has 1 heterocycles. The van der Waals surface area contributed by atoms with Crippen LogP contribution in [0.2, 0.25) is 0 Å². The molecule has 0 aliphatic carbocycles. The van der Waals surface area contributed by atoms with E-state index in [0.29, 0.717) is 19.1 Å². The van der Waals surface area contributed by atoms with Crippen LogP contribution in [-0.4, -0.2) is 25.3 Å². The van der Waals surface area contributed by atoms with Crippen LogP contribution in [0.5, 0.6) is 0 Å². The van der Waals surface area contributed by atoms with Gasteiger partial charge in [0.25, 0.3) is 0 Å². The summed E-state index contributed by atoms with van der Waals surface area (Å²) in [7, 11) is 0. The predicted molar refractivity (Wildman–Crippen MR) is 53.9 cm³/mol. The second-order valence-corrected chi connectivity index (χ2v) is 4.27. The Kier molecular flexibility index (Phi) is 4.39. The Balaban J connectivity index is 2.33. The molecule has 1 aliphatic rings. The van der Waals surface area contributed by atoms with Crippen molar-refractivity contribution in [1.29, 1.82) is 0 Å². The van der Waals surface area contributed by atoms with Gasteiger partial charge in [-0.1, -0.05) is 13.8 Å². The van der Waals surface area contributed by atoms with Gasteiger partial charge < -0.3 is 9.47 Å². The molecule has 1 fully saturated rings. The third-order valence-electron chi connectivity index (χ3n) is 2.80. The average molecular weight is 200 g/mol. The molecule has 0 N–H and O–H groups in total. The summed E-state index contributed by atoms with van der Waals surface area (Å²) in [6.07, 6.45) is 1.64. The van der Waals surface area contributed by atoms with Crippen molar-refractivity contribution in [3.63, 3.8) is 0 Å². The first-order chi connectivity index (χ1) is 6.61. The fraction of sp³-hybridized carbons (Fsp3) is 0.909. The number of esters is 1. The molecule has 1 atom stereocenters. The molecule has 82 valence electrons. The molecule has 1 saturated heterocycles. The van der Waals surface area contributed by atoms with Gasteiger partial charge in [0.05, 0.1) is 5.92 Å². The van der Waals surface area contributed by atoms with E-state index < -0.39 is 0 Å². The molecule has 0 aromatic rings. The molecule has 0 aromatic heterocycles. The van der Waals surface area contributed by atoms with Gasteiger partial charge in [-0.2, -0.15) is 0 Å². The molecular weight excluding hydrogens is 180 g/mol. The molecule has 0 spiro atoms. The second kappa shape index (κ2) is 5.35. The minimum Gasteiger partial charge on any atom is -0.462 e. The van der Waals surface area contributed by atoms with Gasteiger partial charge in [0.1, 0.15) is 6.10 Å². The van der Waals surface area contributed by atoms with Crippen molar-refractivity contribution >= 4 is 5.97 Å². The van der Waals surface area contributed by atoms with E-state index >= 15 is 0 Å². The number of hydrogen-bond donors (Lipinski definition) is 0. The summed E-state index contributed by atoms with van der Waals surface area (Å²) in [5.74, 6) is 0.401. The van der Waals surface area contributed by atoms with Crippen molar-refractivity contribution in [2.75, 3.05) is 13.2 Å². The van der Waals surface area contributed by atoms with Gasteiger partial charge in [-0.05, 0) is 25.7 Å².